The second-order valence-corrected chi connectivity index (χ2v) is 3.03. The lowest BCUT2D eigenvalue weighted by Crippen LogP contribution is -2.32. The molecule has 74 valence electrons. The van der Waals surface area contributed by atoms with E-state index in [9.17, 15) is 15.3 Å². The molecule has 0 aliphatic carbocycles. The standard InChI is InChI=1S/C6H5ClN4O3/c7-3-1-4-6(10(12)9-8-4)2-5(3)11(13)14/h1-2,8-9,12H. The van der Waals surface area contributed by atoms with E-state index in [-0.39, 0.29) is 16.4 Å². The highest BCUT2D eigenvalue weighted by molar-refractivity contribution is 6.33. The average molecular weight is 217 g/mol. The predicted molar refractivity (Wildman–Crippen MR) is 49.1 cm³/mol. The summed E-state index contributed by atoms with van der Waals surface area (Å²) in [4.78, 5) is 9.89. The van der Waals surface area contributed by atoms with Crippen molar-refractivity contribution in [2.45, 2.75) is 0 Å². The quantitative estimate of drug-likeness (QED) is 0.484. The largest absolute Gasteiger partial charge is 0.300 e. The van der Waals surface area contributed by atoms with E-state index < -0.39 is 4.92 Å². The Hall–Kier alpha value is -1.57. The van der Waals surface area contributed by atoms with Gasteiger partial charge in [-0.05, 0) is 6.07 Å². The number of nitro groups is 1. The molecule has 3 N–H and O–H groups in total. The minimum atomic E-state index is -0.616. The van der Waals surface area contributed by atoms with E-state index in [4.69, 9.17) is 11.6 Å². The minimum Gasteiger partial charge on any atom is -0.300 e. The molecule has 0 atom stereocenters. The fourth-order valence-corrected chi connectivity index (χ4v) is 1.37. The highest BCUT2D eigenvalue weighted by atomic mass is 35.5. The lowest BCUT2D eigenvalue weighted by atomic mass is 10.2. The zero-order chi connectivity index (χ0) is 10.3. The van der Waals surface area contributed by atoms with Gasteiger partial charge in [-0.25, -0.2) is 0 Å². The van der Waals surface area contributed by atoms with E-state index in [2.05, 4.69) is 11.0 Å². The molecule has 14 heavy (non-hydrogen) atoms. The summed E-state index contributed by atoms with van der Waals surface area (Å²) in [6.07, 6.45) is 0. The van der Waals surface area contributed by atoms with Gasteiger partial charge in [0.25, 0.3) is 5.69 Å². The SMILES string of the molecule is O=[N+]([O-])c1cc2c(cc1Cl)NNN2O. The second-order valence-electron chi connectivity index (χ2n) is 2.63. The summed E-state index contributed by atoms with van der Waals surface area (Å²) in [7, 11) is 0. The molecule has 1 aromatic rings. The van der Waals surface area contributed by atoms with Crippen LogP contribution in [0, 0.1) is 10.1 Å². The van der Waals surface area contributed by atoms with Crippen LogP contribution in [-0.2, 0) is 0 Å². The Morgan fingerprint density at radius 1 is 1.57 bits per heavy atom. The van der Waals surface area contributed by atoms with E-state index in [1.54, 1.807) is 0 Å². The maximum Gasteiger partial charge on any atom is 0.290 e. The van der Waals surface area contributed by atoms with Gasteiger partial charge in [0.05, 0.1) is 10.6 Å². The number of rotatable bonds is 1. The summed E-state index contributed by atoms with van der Waals surface area (Å²) >= 11 is 5.64. The van der Waals surface area contributed by atoms with Crippen LogP contribution < -0.4 is 16.1 Å². The van der Waals surface area contributed by atoms with Crippen LogP contribution in [0.5, 0.6) is 0 Å². The van der Waals surface area contributed by atoms with Crippen molar-refractivity contribution in [1.29, 1.82) is 0 Å². The van der Waals surface area contributed by atoms with Gasteiger partial charge in [0.15, 0.2) is 0 Å². The van der Waals surface area contributed by atoms with Crippen molar-refractivity contribution in [2.24, 2.45) is 0 Å². The first-order valence-corrected chi connectivity index (χ1v) is 3.96. The lowest BCUT2D eigenvalue weighted by molar-refractivity contribution is -0.384. The van der Waals surface area contributed by atoms with Crippen molar-refractivity contribution in [3.8, 4) is 0 Å². The van der Waals surface area contributed by atoms with E-state index in [0.29, 0.717) is 10.9 Å². The number of nitrogens with zero attached hydrogens (tertiary/aromatic N) is 2. The van der Waals surface area contributed by atoms with E-state index in [1.807, 2.05) is 0 Å². The summed E-state index contributed by atoms with van der Waals surface area (Å²) in [6, 6.07) is 2.53. The van der Waals surface area contributed by atoms with Gasteiger partial charge in [0, 0.05) is 6.07 Å². The third-order valence-electron chi connectivity index (χ3n) is 1.79. The molecule has 0 amide bonds. The number of hydrogen-bond donors (Lipinski definition) is 3. The van der Waals surface area contributed by atoms with Crippen molar-refractivity contribution in [3.63, 3.8) is 0 Å². The Kier molecular flexibility index (Phi) is 1.92. The number of nitrogens with one attached hydrogen (secondary N) is 2. The molecule has 1 aliphatic rings. The summed E-state index contributed by atoms with van der Waals surface area (Å²) < 4.78 is 0. The van der Waals surface area contributed by atoms with Gasteiger partial charge in [0.2, 0.25) is 0 Å². The summed E-state index contributed by atoms with van der Waals surface area (Å²) in [5.41, 5.74) is 5.38. The normalized spacial score (nSPS) is 13.7. The van der Waals surface area contributed by atoms with Crippen LogP contribution in [0.2, 0.25) is 5.02 Å². The molecule has 0 bridgehead atoms. The van der Waals surface area contributed by atoms with Crippen molar-refractivity contribution in [3.05, 3.63) is 27.3 Å². The molecular weight excluding hydrogens is 212 g/mol. The van der Waals surface area contributed by atoms with Gasteiger partial charge >= 0.3 is 0 Å². The Morgan fingerprint density at radius 2 is 2.29 bits per heavy atom. The molecule has 0 fully saturated rings. The van der Waals surface area contributed by atoms with Crippen LogP contribution in [0.15, 0.2) is 12.1 Å². The molecule has 8 heteroatoms. The first-order chi connectivity index (χ1) is 6.59. The van der Waals surface area contributed by atoms with Crippen molar-refractivity contribution in [2.75, 3.05) is 10.6 Å². The molecule has 0 radical (unpaired) electrons. The van der Waals surface area contributed by atoms with Gasteiger partial charge in [-0.2, -0.15) is 5.17 Å². The Bertz CT molecular complexity index is 410. The van der Waals surface area contributed by atoms with Gasteiger partial charge < -0.3 is 0 Å². The number of hydrazine groups is 2. The molecule has 0 spiro atoms. The van der Waals surface area contributed by atoms with Crippen LogP contribution in [0.4, 0.5) is 17.1 Å². The highest BCUT2D eigenvalue weighted by Crippen LogP contribution is 2.37. The monoisotopic (exact) mass is 216 g/mol. The van der Waals surface area contributed by atoms with Gasteiger partial charge in [-0.15, -0.1) is 5.53 Å². The second kappa shape index (κ2) is 2.98. The Balaban J connectivity index is 2.57. The maximum absolute atomic E-state index is 10.5. The zero-order valence-corrected chi connectivity index (χ0v) is 7.45. The smallest absolute Gasteiger partial charge is 0.290 e. The topological polar surface area (TPSA) is 90.7 Å². The minimum absolute atomic E-state index is 0.0124. The predicted octanol–water partition coefficient (Wildman–Crippen LogP) is 1.29. The van der Waals surface area contributed by atoms with Crippen molar-refractivity contribution < 1.29 is 10.1 Å². The molecule has 0 aromatic heterocycles. The number of halogens is 1. The molecule has 2 rings (SSSR count). The average Bonchev–Trinajstić information content (AvgIpc) is 2.46. The number of nitro benzene ring substituents is 1. The van der Waals surface area contributed by atoms with Crippen molar-refractivity contribution >= 4 is 28.7 Å². The number of fused-ring (bicyclic) bond motifs is 1. The van der Waals surface area contributed by atoms with E-state index in [1.165, 1.54) is 12.1 Å². The Morgan fingerprint density at radius 3 is 2.93 bits per heavy atom. The number of benzene rings is 1. The molecule has 1 heterocycles. The van der Waals surface area contributed by atoms with Gasteiger partial charge in [-0.3, -0.25) is 20.7 Å². The third-order valence-corrected chi connectivity index (χ3v) is 2.09. The molecule has 1 aliphatic heterocycles. The molecule has 0 unspecified atom stereocenters. The fourth-order valence-electron chi connectivity index (χ4n) is 1.14. The molecule has 7 nitrogen and oxygen atoms in total. The molecular formula is C6H5ClN4O3. The third kappa shape index (κ3) is 1.23. The molecule has 0 saturated heterocycles. The molecule has 0 saturated carbocycles. The first kappa shape index (κ1) is 9.00. The van der Waals surface area contributed by atoms with E-state index >= 15 is 0 Å². The van der Waals surface area contributed by atoms with Crippen LogP contribution >= 0.6 is 11.6 Å². The summed E-state index contributed by atoms with van der Waals surface area (Å²) in [5.74, 6) is 0. The number of hydrogen-bond acceptors (Lipinski definition) is 6. The van der Waals surface area contributed by atoms with Crippen LogP contribution in [-0.4, -0.2) is 10.1 Å². The lowest BCUT2D eigenvalue weighted by Gasteiger charge is -2.06. The van der Waals surface area contributed by atoms with Crippen molar-refractivity contribution in [1.82, 2.24) is 5.53 Å². The van der Waals surface area contributed by atoms with Crippen LogP contribution in [0.25, 0.3) is 0 Å². The van der Waals surface area contributed by atoms with Crippen LogP contribution in [0.3, 0.4) is 0 Å². The number of anilines is 2. The van der Waals surface area contributed by atoms with Gasteiger partial charge in [0.1, 0.15) is 10.7 Å². The summed E-state index contributed by atoms with van der Waals surface area (Å²) in [6.45, 7) is 0. The molecule has 1 aromatic carbocycles. The summed E-state index contributed by atoms with van der Waals surface area (Å²) in [5, 5.41) is 20.3. The zero-order valence-electron chi connectivity index (χ0n) is 6.69. The maximum atomic E-state index is 10.5. The highest BCUT2D eigenvalue weighted by Gasteiger charge is 2.23. The van der Waals surface area contributed by atoms with Gasteiger partial charge in [-0.1, -0.05) is 11.6 Å². The fraction of sp³-hybridized carbons (Fsp3) is 0. The van der Waals surface area contributed by atoms with Crippen LogP contribution in [0.1, 0.15) is 0 Å². The van der Waals surface area contributed by atoms with E-state index in [0.717, 1.165) is 0 Å². The Labute approximate surface area is 82.9 Å². The first-order valence-electron chi connectivity index (χ1n) is 3.58.